The van der Waals surface area contributed by atoms with Gasteiger partial charge in [0.05, 0.1) is 11.1 Å². The lowest BCUT2D eigenvalue weighted by atomic mass is 10.2. The molecular weight excluding hydrogens is 350 g/mol. The zero-order valence-electron chi connectivity index (χ0n) is 15.7. The van der Waals surface area contributed by atoms with Crippen LogP contribution in [0.1, 0.15) is 24.0 Å². The number of sulfonamides is 1. The second-order valence-electron chi connectivity index (χ2n) is 6.87. The SMILES string of the molecule is Cc1ccc(C)c(S(=O)(=O)Nc2cnc(N3CCCC3)nc2N(C)C)c1. The zero-order chi connectivity index (χ0) is 18.9. The molecule has 1 aromatic carbocycles. The van der Waals surface area contributed by atoms with E-state index in [4.69, 9.17) is 0 Å². The minimum absolute atomic E-state index is 0.269. The van der Waals surface area contributed by atoms with Crippen LogP contribution in [0.2, 0.25) is 0 Å². The van der Waals surface area contributed by atoms with Crippen molar-refractivity contribution in [1.29, 1.82) is 0 Å². The molecule has 7 nitrogen and oxygen atoms in total. The van der Waals surface area contributed by atoms with Gasteiger partial charge in [0.15, 0.2) is 5.82 Å². The number of nitrogens with one attached hydrogen (secondary N) is 1. The van der Waals surface area contributed by atoms with E-state index in [9.17, 15) is 8.42 Å². The van der Waals surface area contributed by atoms with Crippen molar-refractivity contribution < 1.29 is 8.42 Å². The Hall–Kier alpha value is -2.35. The first kappa shape index (κ1) is 18.4. The van der Waals surface area contributed by atoms with Crippen LogP contribution in [-0.2, 0) is 10.0 Å². The number of nitrogens with zero attached hydrogens (tertiary/aromatic N) is 4. The largest absolute Gasteiger partial charge is 0.361 e. The number of anilines is 3. The van der Waals surface area contributed by atoms with Crippen LogP contribution in [0.5, 0.6) is 0 Å². The van der Waals surface area contributed by atoms with Crippen molar-refractivity contribution in [2.45, 2.75) is 31.6 Å². The van der Waals surface area contributed by atoms with Crippen molar-refractivity contribution in [3.05, 3.63) is 35.5 Å². The molecule has 0 spiro atoms. The average Bonchev–Trinajstić information content (AvgIpc) is 3.11. The summed E-state index contributed by atoms with van der Waals surface area (Å²) in [6.07, 6.45) is 3.81. The summed E-state index contributed by atoms with van der Waals surface area (Å²) in [5, 5.41) is 0. The Morgan fingerprint density at radius 1 is 1.15 bits per heavy atom. The number of aryl methyl sites for hydroxylation is 2. The highest BCUT2D eigenvalue weighted by molar-refractivity contribution is 7.92. The molecule has 0 bridgehead atoms. The van der Waals surface area contributed by atoms with Crippen molar-refractivity contribution >= 4 is 27.5 Å². The molecule has 0 unspecified atom stereocenters. The van der Waals surface area contributed by atoms with Crippen molar-refractivity contribution in [3.8, 4) is 0 Å². The molecule has 1 aromatic heterocycles. The zero-order valence-corrected chi connectivity index (χ0v) is 16.5. The molecule has 8 heteroatoms. The first-order valence-corrected chi connectivity index (χ1v) is 10.2. The lowest BCUT2D eigenvalue weighted by molar-refractivity contribution is 0.600. The van der Waals surface area contributed by atoms with Gasteiger partial charge in [-0.05, 0) is 43.9 Å². The van der Waals surface area contributed by atoms with Crippen LogP contribution < -0.4 is 14.5 Å². The Balaban J connectivity index is 1.96. The maximum atomic E-state index is 12.9. The summed E-state index contributed by atoms with van der Waals surface area (Å²) >= 11 is 0. The molecule has 1 N–H and O–H groups in total. The van der Waals surface area contributed by atoms with Gasteiger partial charge in [0.1, 0.15) is 5.69 Å². The van der Waals surface area contributed by atoms with E-state index in [1.54, 1.807) is 24.1 Å². The summed E-state index contributed by atoms with van der Waals surface area (Å²) in [5.74, 6) is 1.19. The molecule has 140 valence electrons. The Morgan fingerprint density at radius 2 is 1.85 bits per heavy atom. The molecule has 0 atom stereocenters. The molecule has 0 amide bonds. The van der Waals surface area contributed by atoms with Crippen LogP contribution in [-0.4, -0.2) is 45.6 Å². The Morgan fingerprint density at radius 3 is 2.50 bits per heavy atom. The fraction of sp³-hybridized carbons (Fsp3) is 0.444. The van der Waals surface area contributed by atoms with Crippen molar-refractivity contribution in [3.63, 3.8) is 0 Å². The summed E-state index contributed by atoms with van der Waals surface area (Å²) in [5.41, 5.74) is 1.97. The summed E-state index contributed by atoms with van der Waals surface area (Å²) in [4.78, 5) is 13.2. The minimum atomic E-state index is -3.72. The average molecular weight is 375 g/mol. The van der Waals surface area contributed by atoms with Crippen molar-refractivity contribution in [2.24, 2.45) is 0 Å². The molecule has 1 aliphatic rings. The predicted octanol–water partition coefficient (Wildman–Crippen LogP) is 2.56. The second-order valence-corrected chi connectivity index (χ2v) is 8.52. The highest BCUT2D eigenvalue weighted by atomic mass is 32.2. The molecule has 1 aliphatic heterocycles. The highest BCUT2D eigenvalue weighted by Crippen LogP contribution is 2.28. The highest BCUT2D eigenvalue weighted by Gasteiger charge is 2.22. The monoisotopic (exact) mass is 375 g/mol. The van der Waals surface area contributed by atoms with E-state index in [1.807, 2.05) is 33.2 Å². The third kappa shape index (κ3) is 3.75. The van der Waals surface area contributed by atoms with Gasteiger partial charge in [0.2, 0.25) is 5.95 Å². The number of hydrogen-bond donors (Lipinski definition) is 1. The fourth-order valence-corrected chi connectivity index (χ4v) is 4.42. The topological polar surface area (TPSA) is 78.4 Å². The molecule has 0 aliphatic carbocycles. The van der Waals surface area contributed by atoms with Crippen LogP contribution in [0, 0.1) is 13.8 Å². The Kier molecular flexibility index (Phi) is 5.04. The Bertz CT molecular complexity index is 906. The lowest BCUT2D eigenvalue weighted by Gasteiger charge is -2.21. The van der Waals surface area contributed by atoms with E-state index in [0.29, 0.717) is 23.0 Å². The molecule has 2 aromatic rings. The third-order valence-corrected chi connectivity index (χ3v) is 5.95. The van der Waals surface area contributed by atoms with Gasteiger partial charge in [-0.3, -0.25) is 4.72 Å². The van der Waals surface area contributed by atoms with E-state index < -0.39 is 10.0 Å². The number of hydrogen-bond acceptors (Lipinski definition) is 6. The van der Waals surface area contributed by atoms with E-state index in [2.05, 4.69) is 19.6 Å². The fourth-order valence-electron chi connectivity index (χ4n) is 3.04. The Labute approximate surface area is 155 Å². The summed E-state index contributed by atoms with van der Waals surface area (Å²) < 4.78 is 28.4. The number of benzene rings is 1. The van der Waals surface area contributed by atoms with Gasteiger partial charge in [-0.1, -0.05) is 12.1 Å². The van der Waals surface area contributed by atoms with Crippen molar-refractivity contribution in [2.75, 3.05) is 41.7 Å². The molecule has 1 saturated heterocycles. The second kappa shape index (κ2) is 7.11. The van der Waals surface area contributed by atoms with Gasteiger partial charge in [-0.2, -0.15) is 4.98 Å². The standard InChI is InChI=1S/C18H25N5O2S/c1-13-7-8-14(2)16(11-13)26(24,25)21-15-12-19-18(20-17(15)22(3)4)23-9-5-6-10-23/h7-8,11-12,21H,5-6,9-10H2,1-4H3. The van der Waals surface area contributed by atoms with Gasteiger partial charge in [-0.15, -0.1) is 0 Å². The molecule has 0 saturated carbocycles. The third-order valence-electron chi connectivity index (χ3n) is 4.45. The first-order valence-electron chi connectivity index (χ1n) is 8.67. The van der Waals surface area contributed by atoms with Gasteiger partial charge < -0.3 is 9.80 Å². The van der Waals surface area contributed by atoms with E-state index in [-0.39, 0.29) is 4.90 Å². The summed E-state index contributed by atoms with van der Waals surface area (Å²) in [7, 11) is -0.0465. The van der Waals surface area contributed by atoms with Crippen LogP contribution in [0.15, 0.2) is 29.3 Å². The molecule has 1 fully saturated rings. The van der Waals surface area contributed by atoms with Crippen LogP contribution in [0.3, 0.4) is 0 Å². The molecule has 2 heterocycles. The molecule has 0 radical (unpaired) electrons. The lowest BCUT2D eigenvalue weighted by Crippen LogP contribution is -2.24. The smallest absolute Gasteiger partial charge is 0.262 e. The first-order chi connectivity index (χ1) is 12.3. The van der Waals surface area contributed by atoms with E-state index >= 15 is 0 Å². The van der Waals surface area contributed by atoms with Crippen LogP contribution in [0.4, 0.5) is 17.5 Å². The van der Waals surface area contributed by atoms with Gasteiger partial charge in [0, 0.05) is 27.2 Å². The van der Waals surface area contributed by atoms with Gasteiger partial charge >= 0.3 is 0 Å². The molecule has 26 heavy (non-hydrogen) atoms. The van der Waals surface area contributed by atoms with Gasteiger partial charge in [0.25, 0.3) is 10.0 Å². The summed E-state index contributed by atoms with van der Waals surface area (Å²) in [6, 6.07) is 5.38. The van der Waals surface area contributed by atoms with Crippen molar-refractivity contribution in [1.82, 2.24) is 9.97 Å². The van der Waals surface area contributed by atoms with Gasteiger partial charge in [-0.25, -0.2) is 13.4 Å². The van der Waals surface area contributed by atoms with E-state index in [1.165, 1.54) is 0 Å². The quantitative estimate of drug-likeness (QED) is 0.865. The normalized spacial score (nSPS) is 14.5. The molecule has 3 rings (SSSR count). The van der Waals surface area contributed by atoms with Crippen LogP contribution in [0.25, 0.3) is 0 Å². The number of aromatic nitrogens is 2. The maximum Gasteiger partial charge on any atom is 0.262 e. The van der Waals surface area contributed by atoms with Crippen LogP contribution >= 0.6 is 0 Å². The number of rotatable bonds is 5. The minimum Gasteiger partial charge on any atom is -0.361 e. The predicted molar refractivity (Wildman–Crippen MR) is 105 cm³/mol. The van der Waals surface area contributed by atoms with E-state index in [0.717, 1.165) is 31.5 Å². The summed E-state index contributed by atoms with van der Waals surface area (Å²) in [6.45, 7) is 5.52. The maximum absolute atomic E-state index is 12.9. The molecular formula is C18H25N5O2S.